The SMILES string of the molecule is O=C(CN1C(=O)CCC1=O)N1CCC2(CCc3ccccc3O2)CC1. The van der Waals surface area contributed by atoms with E-state index in [-0.39, 0.29) is 42.7 Å². The second-order valence-electron chi connectivity index (χ2n) is 7.15. The highest BCUT2D eigenvalue weighted by molar-refractivity contribution is 6.04. The zero-order valence-corrected chi connectivity index (χ0v) is 14.2. The first-order valence-corrected chi connectivity index (χ1v) is 8.94. The van der Waals surface area contributed by atoms with Gasteiger partial charge < -0.3 is 9.64 Å². The number of carbonyl (C=O) groups is 3. The fourth-order valence-corrected chi connectivity index (χ4v) is 4.01. The normalized spacial score (nSPS) is 22.1. The zero-order chi connectivity index (χ0) is 17.4. The molecule has 0 saturated carbocycles. The van der Waals surface area contributed by atoms with Crippen LogP contribution in [0.25, 0.3) is 0 Å². The van der Waals surface area contributed by atoms with E-state index in [4.69, 9.17) is 4.74 Å². The van der Waals surface area contributed by atoms with E-state index in [2.05, 4.69) is 6.07 Å². The number of likely N-dealkylation sites (tertiary alicyclic amines) is 2. The Morgan fingerprint density at radius 2 is 1.68 bits per heavy atom. The van der Waals surface area contributed by atoms with Crippen LogP contribution < -0.4 is 4.74 Å². The Morgan fingerprint density at radius 3 is 2.40 bits per heavy atom. The molecular weight excluding hydrogens is 320 g/mol. The maximum absolute atomic E-state index is 12.5. The van der Waals surface area contributed by atoms with Crippen molar-refractivity contribution in [2.75, 3.05) is 19.6 Å². The number of benzene rings is 1. The molecule has 6 heteroatoms. The van der Waals surface area contributed by atoms with Gasteiger partial charge in [0.25, 0.3) is 0 Å². The van der Waals surface area contributed by atoms with Gasteiger partial charge in [-0.05, 0) is 24.5 Å². The van der Waals surface area contributed by atoms with Gasteiger partial charge in [0, 0.05) is 38.8 Å². The Bertz CT molecular complexity index is 706. The molecule has 1 spiro atoms. The van der Waals surface area contributed by atoms with Crippen molar-refractivity contribution < 1.29 is 19.1 Å². The van der Waals surface area contributed by atoms with Gasteiger partial charge in [0.1, 0.15) is 17.9 Å². The van der Waals surface area contributed by atoms with E-state index >= 15 is 0 Å². The average molecular weight is 342 g/mol. The van der Waals surface area contributed by atoms with E-state index in [1.54, 1.807) is 4.90 Å². The molecule has 0 radical (unpaired) electrons. The summed E-state index contributed by atoms with van der Waals surface area (Å²) in [7, 11) is 0. The topological polar surface area (TPSA) is 66.9 Å². The van der Waals surface area contributed by atoms with Crippen molar-refractivity contribution in [1.29, 1.82) is 0 Å². The molecule has 1 aromatic carbocycles. The van der Waals surface area contributed by atoms with E-state index in [0.717, 1.165) is 36.3 Å². The van der Waals surface area contributed by atoms with Gasteiger partial charge in [0.05, 0.1) is 0 Å². The zero-order valence-electron chi connectivity index (χ0n) is 14.2. The highest BCUT2D eigenvalue weighted by Crippen LogP contribution is 2.39. The molecule has 25 heavy (non-hydrogen) atoms. The molecule has 132 valence electrons. The Balaban J connectivity index is 1.36. The van der Waals surface area contributed by atoms with E-state index in [0.29, 0.717) is 13.1 Å². The first-order chi connectivity index (χ1) is 12.1. The van der Waals surface area contributed by atoms with E-state index in [1.165, 1.54) is 5.56 Å². The lowest BCUT2D eigenvalue weighted by Crippen LogP contribution is -2.53. The van der Waals surface area contributed by atoms with Gasteiger partial charge in [-0.1, -0.05) is 18.2 Å². The minimum Gasteiger partial charge on any atom is -0.487 e. The summed E-state index contributed by atoms with van der Waals surface area (Å²) in [5, 5.41) is 0. The third-order valence-corrected chi connectivity index (χ3v) is 5.62. The first-order valence-electron chi connectivity index (χ1n) is 8.94. The summed E-state index contributed by atoms with van der Waals surface area (Å²) in [6, 6.07) is 8.13. The number of piperidine rings is 1. The Kier molecular flexibility index (Phi) is 3.98. The number of imide groups is 1. The number of hydrogen-bond acceptors (Lipinski definition) is 4. The fraction of sp³-hybridized carbons (Fsp3) is 0.526. The summed E-state index contributed by atoms with van der Waals surface area (Å²) in [6.45, 7) is 1.10. The summed E-state index contributed by atoms with van der Waals surface area (Å²) in [6.07, 6.45) is 3.99. The predicted octanol–water partition coefficient (Wildman–Crippen LogP) is 1.52. The quantitative estimate of drug-likeness (QED) is 0.765. The maximum atomic E-state index is 12.5. The van der Waals surface area contributed by atoms with Gasteiger partial charge >= 0.3 is 0 Å². The second-order valence-corrected chi connectivity index (χ2v) is 7.15. The lowest BCUT2D eigenvalue weighted by Gasteiger charge is -2.44. The van der Waals surface area contributed by atoms with E-state index < -0.39 is 0 Å². The third-order valence-electron chi connectivity index (χ3n) is 5.62. The van der Waals surface area contributed by atoms with E-state index in [1.807, 2.05) is 18.2 Å². The van der Waals surface area contributed by atoms with Gasteiger partial charge in [-0.2, -0.15) is 0 Å². The number of nitrogens with zero attached hydrogens (tertiary/aromatic N) is 2. The number of aryl methyl sites for hydroxylation is 1. The summed E-state index contributed by atoms with van der Waals surface area (Å²) >= 11 is 0. The molecule has 1 aromatic rings. The highest BCUT2D eigenvalue weighted by Gasteiger charge is 2.41. The maximum Gasteiger partial charge on any atom is 0.242 e. The summed E-state index contributed by atoms with van der Waals surface area (Å²) in [5.41, 5.74) is 1.06. The highest BCUT2D eigenvalue weighted by atomic mass is 16.5. The number of carbonyl (C=O) groups excluding carboxylic acids is 3. The van der Waals surface area contributed by atoms with Crippen LogP contribution in [-0.4, -0.2) is 52.8 Å². The van der Waals surface area contributed by atoms with Crippen LogP contribution in [0.4, 0.5) is 0 Å². The van der Waals surface area contributed by atoms with Crippen molar-refractivity contribution in [3.63, 3.8) is 0 Å². The molecule has 3 heterocycles. The number of para-hydroxylation sites is 1. The van der Waals surface area contributed by atoms with Gasteiger partial charge in [0.2, 0.25) is 17.7 Å². The van der Waals surface area contributed by atoms with Crippen LogP contribution in [0.1, 0.15) is 37.7 Å². The molecule has 0 atom stereocenters. The number of ether oxygens (including phenoxy) is 1. The standard InChI is InChI=1S/C19H22N2O4/c22-16-5-6-17(23)21(16)13-18(24)20-11-9-19(10-12-20)8-7-14-3-1-2-4-15(14)25-19/h1-4H,5-13H2. The second kappa shape index (κ2) is 6.17. The van der Waals surface area contributed by atoms with Crippen LogP contribution in [0.15, 0.2) is 24.3 Å². The van der Waals surface area contributed by atoms with Crippen molar-refractivity contribution >= 4 is 17.7 Å². The molecule has 0 N–H and O–H groups in total. The van der Waals surface area contributed by atoms with Gasteiger partial charge in [0.15, 0.2) is 0 Å². The smallest absolute Gasteiger partial charge is 0.242 e. The molecule has 3 amide bonds. The number of rotatable bonds is 2. The van der Waals surface area contributed by atoms with Crippen LogP contribution in [-0.2, 0) is 20.8 Å². The minimum atomic E-state index is -0.237. The van der Waals surface area contributed by atoms with Gasteiger partial charge in [-0.25, -0.2) is 0 Å². The van der Waals surface area contributed by atoms with Crippen molar-refractivity contribution in [2.45, 2.75) is 44.1 Å². The monoisotopic (exact) mass is 342 g/mol. The number of amides is 3. The van der Waals surface area contributed by atoms with Crippen LogP contribution in [0, 0.1) is 0 Å². The van der Waals surface area contributed by atoms with Crippen molar-refractivity contribution in [3.05, 3.63) is 29.8 Å². The largest absolute Gasteiger partial charge is 0.487 e. The summed E-state index contributed by atoms with van der Waals surface area (Å²) in [4.78, 5) is 38.7. The molecule has 3 aliphatic heterocycles. The molecule has 0 aliphatic carbocycles. The molecule has 6 nitrogen and oxygen atoms in total. The number of hydrogen-bond donors (Lipinski definition) is 0. The third kappa shape index (κ3) is 3.01. The van der Waals surface area contributed by atoms with Gasteiger partial charge in [-0.15, -0.1) is 0 Å². The molecule has 3 aliphatic rings. The molecular formula is C19H22N2O4. The Hall–Kier alpha value is -2.37. The lowest BCUT2D eigenvalue weighted by molar-refractivity contribution is -0.147. The lowest BCUT2D eigenvalue weighted by atomic mass is 9.83. The number of fused-ring (bicyclic) bond motifs is 1. The van der Waals surface area contributed by atoms with Crippen molar-refractivity contribution in [3.8, 4) is 5.75 Å². The molecule has 2 fully saturated rings. The molecule has 0 bridgehead atoms. The fourth-order valence-electron chi connectivity index (χ4n) is 4.01. The molecule has 4 rings (SSSR count). The van der Waals surface area contributed by atoms with Gasteiger partial charge in [-0.3, -0.25) is 19.3 Å². The van der Waals surface area contributed by atoms with Crippen molar-refractivity contribution in [1.82, 2.24) is 9.80 Å². The average Bonchev–Trinajstić information content (AvgIpc) is 2.94. The molecule has 2 saturated heterocycles. The molecule has 0 unspecified atom stereocenters. The first kappa shape index (κ1) is 16.1. The van der Waals surface area contributed by atoms with Crippen LogP contribution in [0.3, 0.4) is 0 Å². The molecule has 0 aromatic heterocycles. The van der Waals surface area contributed by atoms with E-state index in [9.17, 15) is 14.4 Å². The van der Waals surface area contributed by atoms with Crippen LogP contribution in [0.2, 0.25) is 0 Å². The minimum absolute atomic E-state index is 0.117. The summed E-state index contributed by atoms with van der Waals surface area (Å²) in [5.74, 6) is 0.342. The summed E-state index contributed by atoms with van der Waals surface area (Å²) < 4.78 is 6.30. The Labute approximate surface area is 146 Å². The predicted molar refractivity (Wildman–Crippen MR) is 89.9 cm³/mol. The Morgan fingerprint density at radius 1 is 1.00 bits per heavy atom. The van der Waals surface area contributed by atoms with Crippen LogP contribution in [0.5, 0.6) is 5.75 Å². The van der Waals surface area contributed by atoms with Crippen molar-refractivity contribution in [2.24, 2.45) is 0 Å². The van der Waals surface area contributed by atoms with Crippen LogP contribution >= 0.6 is 0 Å².